The van der Waals surface area contributed by atoms with E-state index in [9.17, 15) is 17.2 Å². The molecule has 0 saturated heterocycles. The molecule has 3 aromatic rings. The fraction of sp³-hybridized carbons (Fsp3) is 0.133. The summed E-state index contributed by atoms with van der Waals surface area (Å²) in [6, 6.07) is 8.92. The Morgan fingerprint density at radius 3 is 2.50 bits per heavy atom. The molecular formula is C15H13F2N5O3S. The normalized spacial score (nSPS) is 11.5. The van der Waals surface area contributed by atoms with Crippen LogP contribution in [-0.2, 0) is 16.6 Å². The zero-order valence-corrected chi connectivity index (χ0v) is 14.2. The minimum absolute atomic E-state index is 0.0325. The Kier molecular flexibility index (Phi) is 4.91. The molecule has 1 aromatic heterocycles. The first-order chi connectivity index (χ1) is 12.4. The minimum atomic E-state index is -3.82. The summed E-state index contributed by atoms with van der Waals surface area (Å²) in [6.45, 7) is -0.250. The van der Waals surface area contributed by atoms with Gasteiger partial charge in [0.05, 0.1) is 24.2 Å². The molecule has 1 heterocycles. The second-order valence-electron chi connectivity index (χ2n) is 5.11. The maximum absolute atomic E-state index is 13.4. The number of aromatic nitrogens is 4. The third-order valence-electron chi connectivity index (χ3n) is 3.47. The average molecular weight is 381 g/mol. The van der Waals surface area contributed by atoms with Crippen molar-refractivity contribution in [1.82, 2.24) is 24.9 Å². The van der Waals surface area contributed by atoms with E-state index in [1.54, 1.807) is 0 Å². The lowest BCUT2D eigenvalue weighted by Crippen LogP contribution is -2.25. The van der Waals surface area contributed by atoms with E-state index < -0.39 is 21.7 Å². The molecule has 0 atom stereocenters. The quantitative estimate of drug-likeness (QED) is 0.694. The van der Waals surface area contributed by atoms with Gasteiger partial charge in [0, 0.05) is 6.07 Å². The number of methoxy groups -OCH3 is 1. The van der Waals surface area contributed by atoms with Crippen LogP contribution in [0.3, 0.4) is 0 Å². The molecule has 8 nitrogen and oxygen atoms in total. The zero-order valence-electron chi connectivity index (χ0n) is 13.4. The summed E-state index contributed by atoms with van der Waals surface area (Å²) < 4.78 is 59.5. The number of benzene rings is 2. The van der Waals surface area contributed by atoms with Gasteiger partial charge in [-0.15, -0.1) is 5.10 Å². The van der Waals surface area contributed by atoms with Crippen molar-refractivity contribution in [3.05, 3.63) is 59.9 Å². The Morgan fingerprint density at radius 1 is 1.12 bits per heavy atom. The first-order valence-electron chi connectivity index (χ1n) is 7.27. The first kappa shape index (κ1) is 17.9. The molecule has 0 unspecified atom stereocenters. The summed E-state index contributed by atoms with van der Waals surface area (Å²) in [5.41, 5.74) is 0.160. The molecule has 3 rings (SSSR count). The van der Waals surface area contributed by atoms with E-state index in [4.69, 9.17) is 4.74 Å². The lowest BCUT2D eigenvalue weighted by molar-refractivity contribution is 0.414. The van der Waals surface area contributed by atoms with Gasteiger partial charge in [0.1, 0.15) is 5.75 Å². The van der Waals surface area contributed by atoms with Crippen molar-refractivity contribution in [2.24, 2.45) is 0 Å². The molecule has 0 aliphatic carbocycles. The maximum atomic E-state index is 13.4. The topological polar surface area (TPSA) is 99.0 Å². The predicted molar refractivity (Wildman–Crippen MR) is 86.1 cm³/mol. The van der Waals surface area contributed by atoms with Crippen LogP contribution in [0, 0.1) is 11.6 Å². The third-order valence-corrected chi connectivity index (χ3v) is 4.89. The van der Waals surface area contributed by atoms with Gasteiger partial charge >= 0.3 is 0 Å². The van der Waals surface area contributed by atoms with Gasteiger partial charge in [-0.3, -0.25) is 0 Å². The highest BCUT2D eigenvalue weighted by molar-refractivity contribution is 7.89. The Balaban J connectivity index is 1.79. The van der Waals surface area contributed by atoms with Crippen LogP contribution in [0.4, 0.5) is 8.78 Å². The molecule has 0 aliphatic heterocycles. The van der Waals surface area contributed by atoms with E-state index in [1.165, 1.54) is 37.4 Å². The Morgan fingerprint density at radius 2 is 1.85 bits per heavy atom. The van der Waals surface area contributed by atoms with Gasteiger partial charge < -0.3 is 4.74 Å². The fourth-order valence-corrected chi connectivity index (χ4v) is 3.11. The number of ether oxygens (including phenoxy) is 1. The van der Waals surface area contributed by atoms with Gasteiger partial charge in [0.2, 0.25) is 10.0 Å². The number of nitrogens with zero attached hydrogens (tertiary/aromatic N) is 4. The van der Waals surface area contributed by atoms with Crippen LogP contribution in [0.2, 0.25) is 0 Å². The highest BCUT2D eigenvalue weighted by Gasteiger charge is 2.17. The van der Waals surface area contributed by atoms with Crippen molar-refractivity contribution in [3.63, 3.8) is 0 Å². The van der Waals surface area contributed by atoms with Gasteiger partial charge in [-0.1, -0.05) is 0 Å². The molecule has 0 amide bonds. The minimum Gasteiger partial charge on any atom is -0.497 e. The van der Waals surface area contributed by atoms with E-state index in [-0.39, 0.29) is 23.0 Å². The van der Waals surface area contributed by atoms with Crippen molar-refractivity contribution in [2.75, 3.05) is 7.11 Å². The van der Waals surface area contributed by atoms with Crippen LogP contribution in [0.5, 0.6) is 5.75 Å². The number of tetrazole rings is 1. The fourth-order valence-electron chi connectivity index (χ4n) is 2.13. The van der Waals surface area contributed by atoms with Gasteiger partial charge in [-0.25, -0.2) is 21.9 Å². The van der Waals surface area contributed by atoms with E-state index >= 15 is 0 Å². The van der Waals surface area contributed by atoms with Crippen LogP contribution in [0.25, 0.3) is 5.69 Å². The average Bonchev–Trinajstić information content (AvgIpc) is 3.11. The van der Waals surface area contributed by atoms with Gasteiger partial charge in [0.25, 0.3) is 0 Å². The molecule has 0 bridgehead atoms. The smallest absolute Gasteiger partial charge is 0.240 e. The second-order valence-corrected chi connectivity index (χ2v) is 6.87. The van der Waals surface area contributed by atoms with Crippen LogP contribution < -0.4 is 9.46 Å². The molecule has 136 valence electrons. The molecule has 2 aromatic carbocycles. The molecule has 11 heteroatoms. The molecule has 0 aliphatic rings. The molecule has 0 radical (unpaired) electrons. The largest absolute Gasteiger partial charge is 0.497 e. The van der Waals surface area contributed by atoms with Crippen molar-refractivity contribution in [3.8, 4) is 11.4 Å². The lowest BCUT2D eigenvalue weighted by atomic mass is 10.3. The van der Waals surface area contributed by atoms with Crippen LogP contribution in [-0.4, -0.2) is 35.7 Å². The van der Waals surface area contributed by atoms with E-state index in [0.717, 1.165) is 16.8 Å². The number of hydrogen-bond donors (Lipinski definition) is 1. The highest BCUT2D eigenvalue weighted by atomic mass is 32.2. The molecule has 0 fully saturated rings. The number of rotatable bonds is 6. The van der Waals surface area contributed by atoms with Crippen molar-refractivity contribution >= 4 is 10.0 Å². The van der Waals surface area contributed by atoms with Crippen molar-refractivity contribution in [1.29, 1.82) is 0 Å². The van der Waals surface area contributed by atoms with Gasteiger partial charge in [-0.2, -0.15) is 4.68 Å². The standard InChI is InChI=1S/C15H13F2N5O3S/c1-25-11-3-5-12(6-4-11)26(23,24)18-9-15-19-20-21-22(15)10-2-7-13(16)14(17)8-10/h2-8,18H,9H2,1H3. The molecule has 1 N–H and O–H groups in total. The van der Waals surface area contributed by atoms with Crippen molar-refractivity contribution < 1.29 is 21.9 Å². The van der Waals surface area contributed by atoms with E-state index in [1.807, 2.05) is 0 Å². The van der Waals surface area contributed by atoms with Crippen LogP contribution in [0.15, 0.2) is 47.4 Å². The maximum Gasteiger partial charge on any atom is 0.240 e. The SMILES string of the molecule is COc1ccc(S(=O)(=O)NCc2nnnn2-c2ccc(F)c(F)c2)cc1. The summed E-state index contributed by atoms with van der Waals surface area (Å²) in [4.78, 5) is 0.0325. The molecular weight excluding hydrogens is 368 g/mol. The number of hydrogen-bond acceptors (Lipinski definition) is 6. The van der Waals surface area contributed by atoms with Gasteiger partial charge in [0.15, 0.2) is 17.5 Å². The Labute approximate surface area is 147 Å². The summed E-state index contributed by atoms with van der Waals surface area (Å²) in [6.07, 6.45) is 0. The predicted octanol–water partition coefficient (Wildman–Crippen LogP) is 1.43. The summed E-state index contributed by atoms with van der Waals surface area (Å²) in [5, 5.41) is 10.8. The summed E-state index contributed by atoms with van der Waals surface area (Å²) in [7, 11) is -2.35. The van der Waals surface area contributed by atoms with Crippen LogP contribution in [0.1, 0.15) is 5.82 Å². The van der Waals surface area contributed by atoms with E-state index in [0.29, 0.717) is 5.75 Å². The Bertz CT molecular complexity index is 1020. The molecule has 0 saturated carbocycles. The third kappa shape index (κ3) is 3.68. The highest BCUT2D eigenvalue weighted by Crippen LogP contribution is 2.16. The Hall–Kier alpha value is -2.92. The summed E-state index contributed by atoms with van der Waals surface area (Å²) >= 11 is 0. The van der Waals surface area contributed by atoms with Crippen molar-refractivity contribution in [2.45, 2.75) is 11.4 Å². The summed E-state index contributed by atoms with van der Waals surface area (Å²) in [5.74, 6) is -1.45. The second kappa shape index (κ2) is 7.14. The van der Waals surface area contributed by atoms with E-state index in [2.05, 4.69) is 20.2 Å². The lowest BCUT2D eigenvalue weighted by Gasteiger charge is -2.08. The zero-order chi connectivity index (χ0) is 18.7. The van der Waals surface area contributed by atoms with Gasteiger partial charge in [-0.05, 0) is 46.8 Å². The molecule has 0 spiro atoms. The molecule has 26 heavy (non-hydrogen) atoms. The number of nitrogens with one attached hydrogen (secondary N) is 1. The monoisotopic (exact) mass is 381 g/mol. The number of halogens is 2. The number of sulfonamides is 1. The first-order valence-corrected chi connectivity index (χ1v) is 8.75. The van der Waals surface area contributed by atoms with Crippen LogP contribution >= 0.6 is 0 Å².